The Labute approximate surface area is 118 Å². The molecule has 1 aromatic carbocycles. The zero-order valence-corrected chi connectivity index (χ0v) is 12.4. The first-order valence-electron chi connectivity index (χ1n) is 6.38. The van der Waals surface area contributed by atoms with Gasteiger partial charge in [-0.3, -0.25) is 0 Å². The van der Waals surface area contributed by atoms with Gasteiger partial charge < -0.3 is 5.11 Å². The third kappa shape index (κ3) is 4.08. The van der Waals surface area contributed by atoms with Crippen LogP contribution in [0.5, 0.6) is 0 Å². The van der Waals surface area contributed by atoms with Crippen LogP contribution in [0, 0.1) is 13.8 Å². The van der Waals surface area contributed by atoms with Crippen molar-refractivity contribution in [3.63, 3.8) is 0 Å². The van der Waals surface area contributed by atoms with E-state index in [0.717, 1.165) is 16.3 Å². The van der Waals surface area contributed by atoms with E-state index in [9.17, 15) is 5.11 Å². The van der Waals surface area contributed by atoms with Gasteiger partial charge in [-0.1, -0.05) is 29.3 Å². The molecule has 2 aromatic rings. The fourth-order valence-corrected chi connectivity index (χ4v) is 2.91. The highest BCUT2D eigenvalue weighted by molar-refractivity contribution is 7.98. The first-order valence-corrected chi connectivity index (χ1v) is 7.37. The van der Waals surface area contributed by atoms with Crippen LogP contribution in [0.15, 0.2) is 41.6 Å². The molecular formula is C16H19NOS. The number of benzene rings is 1. The number of rotatable bonds is 4. The van der Waals surface area contributed by atoms with Crippen LogP contribution in [0.3, 0.4) is 0 Å². The summed E-state index contributed by atoms with van der Waals surface area (Å²) < 4.78 is 0. The van der Waals surface area contributed by atoms with E-state index in [1.54, 1.807) is 24.9 Å². The third-order valence-electron chi connectivity index (χ3n) is 2.91. The highest BCUT2D eigenvalue weighted by atomic mass is 32.2. The summed E-state index contributed by atoms with van der Waals surface area (Å²) in [6, 6.07) is 10.4. The van der Waals surface area contributed by atoms with Gasteiger partial charge in [0.1, 0.15) is 0 Å². The lowest BCUT2D eigenvalue weighted by Gasteiger charge is -2.07. The topological polar surface area (TPSA) is 33.1 Å². The zero-order chi connectivity index (χ0) is 13.8. The third-order valence-corrected chi connectivity index (χ3v) is 3.91. The average Bonchev–Trinajstić information content (AvgIpc) is 2.35. The minimum Gasteiger partial charge on any atom is -0.389 e. The summed E-state index contributed by atoms with van der Waals surface area (Å²) in [6.07, 6.45) is 1.31. The maximum absolute atomic E-state index is 9.57. The molecule has 0 fully saturated rings. The van der Waals surface area contributed by atoms with E-state index >= 15 is 0 Å². The maximum atomic E-state index is 9.57. The van der Waals surface area contributed by atoms with Gasteiger partial charge in [-0.05, 0) is 44.0 Å². The summed E-state index contributed by atoms with van der Waals surface area (Å²) in [6.45, 7) is 6.01. The van der Waals surface area contributed by atoms with Crippen LogP contribution < -0.4 is 0 Å². The number of nitrogens with zero attached hydrogens (tertiary/aromatic N) is 1. The minimum atomic E-state index is -0.441. The first-order chi connectivity index (χ1) is 9.04. The molecule has 0 aliphatic heterocycles. The van der Waals surface area contributed by atoms with Crippen LogP contribution in [0.1, 0.15) is 35.3 Å². The number of aliphatic hydroxyl groups excluding tert-OH is 1. The Morgan fingerprint density at radius 2 is 1.84 bits per heavy atom. The van der Waals surface area contributed by atoms with Gasteiger partial charge in [-0.25, -0.2) is 4.98 Å². The lowest BCUT2D eigenvalue weighted by molar-refractivity contribution is 0.199. The van der Waals surface area contributed by atoms with Crippen molar-refractivity contribution in [2.45, 2.75) is 37.7 Å². The van der Waals surface area contributed by atoms with E-state index in [0.29, 0.717) is 0 Å². The summed E-state index contributed by atoms with van der Waals surface area (Å²) in [5.74, 6) is 0.902. The quantitative estimate of drug-likeness (QED) is 0.853. The molecule has 1 N–H and O–H groups in total. The molecule has 1 heterocycles. The largest absolute Gasteiger partial charge is 0.389 e. The van der Waals surface area contributed by atoms with Crippen LogP contribution in [0.25, 0.3) is 0 Å². The molecule has 100 valence electrons. The molecule has 2 rings (SSSR count). The smallest absolute Gasteiger partial charge is 0.0966 e. The van der Waals surface area contributed by atoms with Crippen LogP contribution in [-0.4, -0.2) is 10.1 Å². The maximum Gasteiger partial charge on any atom is 0.0966 e. The molecule has 0 spiro atoms. The average molecular weight is 273 g/mol. The summed E-state index contributed by atoms with van der Waals surface area (Å²) in [5.41, 5.74) is 4.81. The second-order valence-electron chi connectivity index (χ2n) is 4.89. The Bertz CT molecular complexity index is 546. The van der Waals surface area contributed by atoms with Gasteiger partial charge in [-0.2, -0.15) is 0 Å². The highest BCUT2D eigenvalue weighted by Gasteiger charge is 2.04. The van der Waals surface area contributed by atoms with Crippen molar-refractivity contribution in [2.24, 2.45) is 0 Å². The first kappa shape index (κ1) is 14.1. The van der Waals surface area contributed by atoms with Gasteiger partial charge in [0.05, 0.1) is 11.1 Å². The number of aromatic nitrogens is 1. The normalized spacial score (nSPS) is 12.4. The summed E-state index contributed by atoms with van der Waals surface area (Å²) in [4.78, 5) is 4.33. The van der Waals surface area contributed by atoms with Gasteiger partial charge >= 0.3 is 0 Å². The molecule has 1 atom stereocenters. The molecule has 19 heavy (non-hydrogen) atoms. The number of aryl methyl sites for hydroxylation is 2. The van der Waals surface area contributed by atoms with E-state index in [4.69, 9.17) is 0 Å². The zero-order valence-electron chi connectivity index (χ0n) is 11.6. The van der Waals surface area contributed by atoms with Crippen LogP contribution >= 0.6 is 11.8 Å². The van der Waals surface area contributed by atoms with Crippen molar-refractivity contribution >= 4 is 11.8 Å². The number of pyridine rings is 1. The second kappa shape index (κ2) is 6.22. The Morgan fingerprint density at radius 1 is 1.16 bits per heavy atom. The molecule has 2 nitrogen and oxygen atoms in total. The highest BCUT2D eigenvalue weighted by Crippen LogP contribution is 2.24. The molecule has 0 aliphatic rings. The molecule has 0 aliphatic carbocycles. The molecule has 3 heteroatoms. The van der Waals surface area contributed by atoms with E-state index in [1.807, 2.05) is 12.1 Å². The molecular weight excluding hydrogens is 254 g/mol. The standard InChI is InChI=1S/C16H19NOS/c1-11-6-12(2)8-14(7-11)10-19-16-9-15(13(3)18)4-5-17-16/h4-9,13,18H,10H2,1-3H3. The van der Waals surface area contributed by atoms with Crippen LogP contribution in [0.2, 0.25) is 0 Å². The van der Waals surface area contributed by atoms with Gasteiger partial charge in [0, 0.05) is 11.9 Å². The molecule has 0 bridgehead atoms. The van der Waals surface area contributed by atoms with E-state index in [1.165, 1.54) is 16.7 Å². The fourth-order valence-electron chi connectivity index (χ4n) is 2.07. The van der Waals surface area contributed by atoms with E-state index < -0.39 is 6.10 Å². The SMILES string of the molecule is Cc1cc(C)cc(CSc2cc(C(C)O)ccn2)c1. The fraction of sp³-hybridized carbons (Fsp3) is 0.312. The molecule has 0 amide bonds. The van der Waals surface area contributed by atoms with Crippen LogP contribution in [0.4, 0.5) is 0 Å². The predicted molar refractivity (Wildman–Crippen MR) is 80.3 cm³/mol. The minimum absolute atomic E-state index is 0.441. The van der Waals surface area contributed by atoms with Crippen molar-refractivity contribution in [1.82, 2.24) is 4.98 Å². The number of hydrogen-bond donors (Lipinski definition) is 1. The Balaban J connectivity index is 2.07. The molecule has 1 unspecified atom stereocenters. The molecule has 0 radical (unpaired) electrons. The Morgan fingerprint density at radius 3 is 2.47 bits per heavy atom. The molecule has 0 saturated carbocycles. The number of aliphatic hydroxyl groups is 1. The summed E-state index contributed by atoms with van der Waals surface area (Å²) in [7, 11) is 0. The lowest BCUT2D eigenvalue weighted by atomic mass is 10.1. The van der Waals surface area contributed by atoms with Crippen LogP contribution in [-0.2, 0) is 5.75 Å². The van der Waals surface area contributed by atoms with Crippen molar-refractivity contribution < 1.29 is 5.11 Å². The monoisotopic (exact) mass is 273 g/mol. The predicted octanol–water partition coefficient (Wildman–Crippen LogP) is 4.04. The Hall–Kier alpha value is -1.32. The van der Waals surface area contributed by atoms with E-state index in [-0.39, 0.29) is 0 Å². The second-order valence-corrected chi connectivity index (χ2v) is 5.88. The summed E-state index contributed by atoms with van der Waals surface area (Å²) >= 11 is 1.70. The van der Waals surface area contributed by atoms with Gasteiger partial charge in [0.15, 0.2) is 0 Å². The van der Waals surface area contributed by atoms with Crippen molar-refractivity contribution in [3.05, 3.63) is 58.8 Å². The van der Waals surface area contributed by atoms with Gasteiger partial charge in [0.2, 0.25) is 0 Å². The molecule has 1 aromatic heterocycles. The molecule has 0 saturated heterocycles. The van der Waals surface area contributed by atoms with Crippen molar-refractivity contribution in [3.8, 4) is 0 Å². The van der Waals surface area contributed by atoms with Crippen molar-refractivity contribution in [1.29, 1.82) is 0 Å². The lowest BCUT2D eigenvalue weighted by Crippen LogP contribution is -1.92. The van der Waals surface area contributed by atoms with Crippen molar-refractivity contribution in [2.75, 3.05) is 0 Å². The Kier molecular flexibility index (Phi) is 4.61. The number of thioether (sulfide) groups is 1. The van der Waals surface area contributed by atoms with E-state index in [2.05, 4.69) is 37.0 Å². The van der Waals surface area contributed by atoms with Gasteiger partial charge in [0.25, 0.3) is 0 Å². The van der Waals surface area contributed by atoms with Gasteiger partial charge in [-0.15, -0.1) is 11.8 Å². The number of hydrogen-bond acceptors (Lipinski definition) is 3. The summed E-state index contributed by atoms with van der Waals surface area (Å²) in [5, 5.41) is 10.5.